The van der Waals surface area contributed by atoms with Gasteiger partial charge in [0.05, 0.1) is 17.6 Å². The van der Waals surface area contributed by atoms with Crippen LogP contribution in [-0.4, -0.2) is 38.9 Å². The molecule has 0 amide bonds. The second-order valence-electron chi connectivity index (χ2n) is 4.26. The van der Waals surface area contributed by atoms with E-state index < -0.39 is 17.8 Å². The van der Waals surface area contributed by atoms with Crippen molar-refractivity contribution in [2.24, 2.45) is 0 Å². The minimum Gasteiger partial charge on any atom is -0.509 e. The van der Waals surface area contributed by atoms with Crippen LogP contribution < -0.4 is 0 Å². The van der Waals surface area contributed by atoms with Crippen molar-refractivity contribution in [3.05, 3.63) is 35.8 Å². The molecule has 6 nitrogen and oxygen atoms in total. The minimum atomic E-state index is -1.19. The molecule has 0 saturated carbocycles. The van der Waals surface area contributed by atoms with Gasteiger partial charge in [-0.3, -0.25) is 0 Å². The second-order valence-corrected chi connectivity index (χ2v) is 4.26. The number of para-hydroxylation sites is 2. The Morgan fingerprint density at radius 2 is 2.15 bits per heavy atom. The lowest BCUT2D eigenvalue weighted by Gasteiger charge is -2.09. The fourth-order valence-electron chi connectivity index (χ4n) is 1.81. The number of aliphatic hydroxyl groups excluding tert-OH is 2. The Bertz CT molecular complexity index is 625. The molecule has 1 heterocycles. The summed E-state index contributed by atoms with van der Waals surface area (Å²) in [7, 11) is 0. The lowest BCUT2D eigenvalue weighted by Crippen LogP contribution is -2.16. The summed E-state index contributed by atoms with van der Waals surface area (Å²) in [5.41, 5.74) is 1.23. The Labute approximate surface area is 115 Å². The number of aromatic nitrogens is 2. The van der Waals surface area contributed by atoms with Gasteiger partial charge >= 0.3 is 5.97 Å². The molecule has 2 rings (SSSR count). The molecule has 0 fully saturated rings. The SMILES string of the molecule is CCOC(=O)/C(=C(/O)C(C)O)c1nc2ccccc2[nH]1. The molecule has 1 aromatic heterocycles. The summed E-state index contributed by atoms with van der Waals surface area (Å²) in [5, 5.41) is 19.4. The molecule has 0 aliphatic carbocycles. The molecule has 1 unspecified atom stereocenters. The Balaban J connectivity index is 2.56. The molecule has 1 atom stereocenters. The topological polar surface area (TPSA) is 95.4 Å². The predicted octanol–water partition coefficient (Wildman–Crippen LogP) is 1.78. The molecule has 106 valence electrons. The maximum Gasteiger partial charge on any atom is 0.345 e. The summed E-state index contributed by atoms with van der Waals surface area (Å²) >= 11 is 0. The normalized spacial score (nSPS) is 13.9. The van der Waals surface area contributed by atoms with Crippen molar-refractivity contribution in [2.45, 2.75) is 20.0 Å². The van der Waals surface area contributed by atoms with Crippen LogP contribution in [0.5, 0.6) is 0 Å². The Morgan fingerprint density at radius 3 is 2.75 bits per heavy atom. The van der Waals surface area contributed by atoms with Gasteiger partial charge in [-0.1, -0.05) is 12.1 Å². The number of aliphatic hydroxyl groups is 2. The van der Waals surface area contributed by atoms with Crippen molar-refractivity contribution >= 4 is 22.6 Å². The van der Waals surface area contributed by atoms with Crippen LogP contribution in [-0.2, 0) is 9.53 Å². The van der Waals surface area contributed by atoms with Crippen molar-refractivity contribution in [3.63, 3.8) is 0 Å². The smallest absolute Gasteiger partial charge is 0.345 e. The fraction of sp³-hybridized carbons (Fsp3) is 0.286. The van der Waals surface area contributed by atoms with E-state index in [2.05, 4.69) is 9.97 Å². The zero-order valence-corrected chi connectivity index (χ0v) is 11.3. The van der Waals surface area contributed by atoms with Crippen molar-refractivity contribution < 1.29 is 19.7 Å². The third kappa shape index (κ3) is 2.65. The van der Waals surface area contributed by atoms with Crippen LogP contribution in [0.15, 0.2) is 30.0 Å². The molecule has 0 aliphatic rings. The number of carbonyl (C=O) groups excluding carboxylic acids is 1. The number of benzene rings is 1. The highest BCUT2D eigenvalue weighted by molar-refractivity contribution is 6.16. The van der Waals surface area contributed by atoms with Gasteiger partial charge < -0.3 is 19.9 Å². The molecule has 0 spiro atoms. The Kier molecular flexibility index (Phi) is 4.05. The maximum atomic E-state index is 12.0. The van der Waals surface area contributed by atoms with E-state index in [0.717, 1.165) is 5.52 Å². The van der Waals surface area contributed by atoms with E-state index in [-0.39, 0.29) is 18.0 Å². The van der Waals surface area contributed by atoms with E-state index in [0.29, 0.717) is 5.52 Å². The van der Waals surface area contributed by atoms with Gasteiger partial charge in [-0.15, -0.1) is 0 Å². The van der Waals surface area contributed by atoms with Crippen molar-refractivity contribution in [1.82, 2.24) is 9.97 Å². The number of H-pyrrole nitrogens is 1. The second kappa shape index (κ2) is 5.75. The van der Waals surface area contributed by atoms with Crippen LogP contribution in [0.3, 0.4) is 0 Å². The number of nitrogens with zero attached hydrogens (tertiary/aromatic N) is 1. The summed E-state index contributed by atoms with van der Waals surface area (Å²) in [4.78, 5) is 19.1. The lowest BCUT2D eigenvalue weighted by molar-refractivity contribution is -0.136. The van der Waals surface area contributed by atoms with Crippen LogP contribution in [0.25, 0.3) is 16.6 Å². The highest BCUT2D eigenvalue weighted by atomic mass is 16.5. The molecule has 0 saturated heterocycles. The molecule has 6 heteroatoms. The molecule has 20 heavy (non-hydrogen) atoms. The third-order valence-electron chi connectivity index (χ3n) is 2.76. The van der Waals surface area contributed by atoms with Crippen LogP contribution in [0.4, 0.5) is 0 Å². The molecular weight excluding hydrogens is 260 g/mol. The summed E-state index contributed by atoms with van der Waals surface area (Å²) < 4.78 is 4.90. The quantitative estimate of drug-likeness (QED) is 0.449. The first kappa shape index (κ1) is 14.1. The Hall–Kier alpha value is -2.34. The molecule has 2 aromatic rings. The number of carbonyl (C=O) groups is 1. The summed E-state index contributed by atoms with van der Waals surface area (Å²) in [5.74, 6) is -1.03. The average Bonchev–Trinajstić information content (AvgIpc) is 2.82. The largest absolute Gasteiger partial charge is 0.509 e. The molecular formula is C14H16N2O4. The average molecular weight is 276 g/mol. The number of nitrogens with one attached hydrogen (secondary N) is 1. The van der Waals surface area contributed by atoms with Gasteiger partial charge in [0.15, 0.2) is 0 Å². The predicted molar refractivity (Wildman–Crippen MR) is 74.0 cm³/mol. The van der Waals surface area contributed by atoms with E-state index >= 15 is 0 Å². The van der Waals surface area contributed by atoms with Gasteiger partial charge in [-0.25, -0.2) is 9.78 Å². The van der Waals surface area contributed by atoms with Crippen molar-refractivity contribution in [2.75, 3.05) is 6.61 Å². The van der Waals surface area contributed by atoms with Crippen LogP contribution in [0, 0.1) is 0 Å². The number of imidazole rings is 1. The molecule has 0 radical (unpaired) electrons. The maximum absolute atomic E-state index is 12.0. The van der Waals surface area contributed by atoms with Crippen molar-refractivity contribution in [3.8, 4) is 0 Å². The van der Waals surface area contributed by atoms with Crippen LogP contribution in [0.1, 0.15) is 19.7 Å². The highest BCUT2D eigenvalue weighted by Gasteiger charge is 2.24. The number of fused-ring (bicyclic) bond motifs is 1. The summed E-state index contributed by atoms with van der Waals surface area (Å²) in [6.07, 6.45) is -1.19. The number of hydrogen-bond donors (Lipinski definition) is 3. The van der Waals surface area contributed by atoms with Gasteiger partial charge in [-0.2, -0.15) is 0 Å². The van der Waals surface area contributed by atoms with Crippen LogP contribution in [0.2, 0.25) is 0 Å². The molecule has 3 N–H and O–H groups in total. The van der Waals surface area contributed by atoms with Gasteiger partial charge in [-0.05, 0) is 26.0 Å². The first-order chi connectivity index (χ1) is 9.54. The van der Waals surface area contributed by atoms with Crippen LogP contribution >= 0.6 is 0 Å². The highest BCUT2D eigenvalue weighted by Crippen LogP contribution is 2.22. The number of rotatable bonds is 4. The summed E-state index contributed by atoms with van der Waals surface area (Å²) in [6, 6.07) is 7.22. The third-order valence-corrected chi connectivity index (χ3v) is 2.76. The van der Waals surface area contributed by atoms with Gasteiger partial charge in [0, 0.05) is 0 Å². The summed E-state index contributed by atoms with van der Waals surface area (Å²) in [6.45, 7) is 3.18. The first-order valence-electron chi connectivity index (χ1n) is 6.28. The zero-order valence-electron chi connectivity index (χ0n) is 11.3. The van der Waals surface area contributed by atoms with E-state index in [1.807, 2.05) is 12.1 Å². The van der Waals surface area contributed by atoms with E-state index in [4.69, 9.17) is 4.74 Å². The van der Waals surface area contributed by atoms with E-state index in [1.54, 1.807) is 19.1 Å². The Morgan fingerprint density at radius 1 is 1.45 bits per heavy atom. The standard InChI is InChI=1S/C14H16N2O4/c1-3-20-14(19)11(12(18)8(2)17)13-15-9-6-4-5-7-10(9)16-13/h4-8,17-18H,3H2,1-2H3,(H,15,16)/b12-11+. The fourth-order valence-corrected chi connectivity index (χ4v) is 1.81. The van der Waals surface area contributed by atoms with E-state index in [9.17, 15) is 15.0 Å². The first-order valence-corrected chi connectivity index (χ1v) is 6.28. The number of hydrogen-bond acceptors (Lipinski definition) is 5. The van der Waals surface area contributed by atoms with E-state index in [1.165, 1.54) is 6.92 Å². The monoisotopic (exact) mass is 276 g/mol. The minimum absolute atomic E-state index is 0.155. The molecule has 1 aromatic carbocycles. The number of esters is 1. The van der Waals surface area contributed by atoms with Gasteiger partial charge in [0.2, 0.25) is 0 Å². The van der Waals surface area contributed by atoms with Crippen molar-refractivity contribution in [1.29, 1.82) is 0 Å². The lowest BCUT2D eigenvalue weighted by atomic mass is 10.1. The molecule has 0 aliphatic heterocycles. The zero-order chi connectivity index (χ0) is 14.7. The van der Waals surface area contributed by atoms with Gasteiger partial charge in [0.1, 0.15) is 23.3 Å². The molecule has 0 bridgehead atoms. The van der Waals surface area contributed by atoms with Gasteiger partial charge in [0.25, 0.3) is 0 Å². The number of aromatic amines is 1. The number of ether oxygens (including phenoxy) is 1.